The molecule has 0 aromatic heterocycles. The fourth-order valence-electron chi connectivity index (χ4n) is 4.31. The summed E-state index contributed by atoms with van der Waals surface area (Å²) in [5.74, 6) is 0.546. The van der Waals surface area contributed by atoms with Gasteiger partial charge >= 0.3 is 6.03 Å². The van der Waals surface area contributed by atoms with E-state index in [-0.39, 0.29) is 12.1 Å². The largest absolute Gasteiger partial charge is 0.355 e. The van der Waals surface area contributed by atoms with Crippen LogP contribution >= 0.6 is 11.6 Å². The molecule has 0 aliphatic carbocycles. The van der Waals surface area contributed by atoms with Crippen molar-refractivity contribution in [2.24, 2.45) is 4.99 Å². The van der Waals surface area contributed by atoms with E-state index in [1.54, 1.807) is 24.3 Å². The minimum Gasteiger partial charge on any atom is -0.355 e. The smallest absolute Gasteiger partial charge is 0.322 e. The molecule has 1 aliphatic rings. The number of hydrogen-bond acceptors (Lipinski definition) is 3. The van der Waals surface area contributed by atoms with E-state index in [0.29, 0.717) is 42.8 Å². The van der Waals surface area contributed by atoms with Crippen LogP contribution in [0.5, 0.6) is 0 Å². The van der Waals surface area contributed by atoms with E-state index in [1.165, 1.54) is 5.56 Å². The number of nitriles is 1. The average molecular weight is 501 g/mol. The number of nitrogens with zero attached hydrogens (tertiary/aromatic N) is 4. The van der Waals surface area contributed by atoms with Crippen molar-refractivity contribution < 1.29 is 4.79 Å². The summed E-state index contributed by atoms with van der Waals surface area (Å²) in [7, 11) is 0. The molecule has 36 heavy (non-hydrogen) atoms. The van der Waals surface area contributed by atoms with Crippen molar-refractivity contribution in [3.8, 4) is 6.19 Å². The van der Waals surface area contributed by atoms with Crippen LogP contribution in [0.4, 0.5) is 10.5 Å². The highest BCUT2D eigenvalue weighted by atomic mass is 35.5. The lowest BCUT2D eigenvalue weighted by Gasteiger charge is -2.42. The molecule has 0 radical (unpaired) electrons. The molecule has 0 bridgehead atoms. The number of anilines is 1. The van der Waals surface area contributed by atoms with Crippen LogP contribution in [0.2, 0.25) is 5.02 Å². The number of aryl methyl sites for hydroxylation is 1. The molecule has 2 amide bonds. The molecule has 1 fully saturated rings. The van der Waals surface area contributed by atoms with Crippen molar-refractivity contribution in [1.29, 1.82) is 5.26 Å². The molecular weight excluding hydrogens is 472 g/mol. The highest BCUT2D eigenvalue weighted by molar-refractivity contribution is 6.30. The Bertz CT molecular complexity index is 1190. The first-order chi connectivity index (χ1) is 17.6. The summed E-state index contributed by atoms with van der Waals surface area (Å²) in [4.78, 5) is 21.2. The van der Waals surface area contributed by atoms with E-state index >= 15 is 0 Å². The van der Waals surface area contributed by atoms with Gasteiger partial charge in [-0.05, 0) is 48.2 Å². The van der Waals surface area contributed by atoms with Gasteiger partial charge < -0.3 is 20.4 Å². The minimum atomic E-state index is -0.206. The monoisotopic (exact) mass is 500 g/mol. The third-order valence-electron chi connectivity index (χ3n) is 6.14. The zero-order valence-corrected chi connectivity index (χ0v) is 20.7. The van der Waals surface area contributed by atoms with Crippen LogP contribution in [0.15, 0.2) is 89.9 Å². The van der Waals surface area contributed by atoms with E-state index in [1.807, 2.05) is 59.6 Å². The van der Waals surface area contributed by atoms with Crippen LogP contribution in [0, 0.1) is 11.5 Å². The number of halogens is 1. The topological polar surface area (TPSA) is 83.8 Å². The molecule has 1 unspecified atom stereocenters. The number of rotatable bonds is 6. The third kappa shape index (κ3) is 6.77. The number of urea groups is 1. The summed E-state index contributed by atoms with van der Waals surface area (Å²) in [6, 6.07) is 26.9. The molecule has 1 aliphatic heterocycles. The number of nitrogens with one attached hydrogen (secondary N) is 2. The predicted octanol–water partition coefficient (Wildman–Crippen LogP) is 5.29. The van der Waals surface area contributed by atoms with E-state index < -0.39 is 0 Å². The summed E-state index contributed by atoms with van der Waals surface area (Å²) in [6.45, 7) is 2.26. The molecular formula is C28H29ClN6O. The number of benzene rings is 3. The van der Waals surface area contributed by atoms with Gasteiger partial charge in [0.25, 0.3) is 0 Å². The summed E-state index contributed by atoms with van der Waals surface area (Å²) in [6.07, 6.45) is 3.79. The van der Waals surface area contributed by atoms with Gasteiger partial charge in [0.15, 0.2) is 0 Å². The predicted molar refractivity (Wildman–Crippen MR) is 144 cm³/mol. The molecule has 3 aromatic rings. The number of hydrogen-bond donors (Lipinski definition) is 2. The molecule has 2 N–H and O–H groups in total. The molecule has 4 rings (SSSR count). The number of aliphatic imine (C=N–C) groups is 1. The number of piperazine rings is 1. The number of guanidine groups is 1. The van der Waals surface area contributed by atoms with Crippen molar-refractivity contribution >= 4 is 29.3 Å². The lowest BCUT2D eigenvalue weighted by molar-refractivity contribution is 0.135. The Balaban J connectivity index is 1.43. The molecule has 1 heterocycles. The van der Waals surface area contributed by atoms with Gasteiger partial charge in [-0.15, -0.1) is 4.99 Å². The quantitative estimate of drug-likeness (QED) is 0.208. The van der Waals surface area contributed by atoms with Crippen LogP contribution in [-0.2, 0) is 6.42 Å². The summed E-state index contributed by atoms with van der Waals surface area (Å²) < 4.78 is 0. The highest BCUT2D eigenvalue weighted by Crippen LogP contribution is 2.27. The van der Waals surface area contributed by atoms with Gasteiger partial charge in [0.2, 0.25) is 12.2 Å². The SMILES string of the molecule is N#C/N=C(/NCCCc1ccccc1)N1CCN(C(=O)Nc2ccc(Cl)cc2)C(c2ccccc2)C1. The molecule has 3 aromatic carbocycles. The Morgan fingerprint density at radius 2 is 1.69 bits per heavy atom. The maximum absolute atomic E-state index is 13.2. The second-order valence-electron chi connectivity index (χ2n) is 8.55. The number of amides is 2. The maximum Gasteiger partial charge on any atom is 0.322 e. The number of carbonyl (C=O) groups excluding carboxylic acids is 1. The van der Waals surface area contributed by atoms with Gasteiger partial charge in [-0.2, -0.15) is 5.26 Å². The molecule has 7 nitrogen and oxygen atoms in total. The Hall–Kier alpha value is -4.02. The van der Waals surface area contributed by atoms with Crippen molar-refractivity contribution in [1.82, 2.24) is 15.1 Å². The molecule has 184 valence electrons. The van der Waals surface area contributed by atoms with E-state index in [9.17, 15) is 10.1 Å². The zero-order chi connectivity index (χ0) is 25.2. The standard InChI is InChI=1S/C28H29ClN6O/c29-24-13-15-25(16-14-24)33-28(36)35-19-18-34(20-26(35)23-11-5-2-6-12-23)27(32-21-30)31-17-7-10-22-8-3-1-4-9-22/h1-6,8-9,11-16,26H,7,10,17-20H2,(H,31,32)(H,33,36). The maximum atomic E-state index is 13.2. The van der Waals surface area contributed by atoms with Crippen molar-refractivity contribution in [2.45, 2.75) is 18.9 Å². The normalized spacial score (nSPS) is 15.8. The minimum absolute atomic E-state index is 0.180. The molecule has 0 spiro atoms. The van der Waals surface area contributed by atoms with Gasteiger partial charge in [0.05, 0.1) is 6.04 Å². The van der Waals surface area contributed by atoms with Crippen LogP contribution in [0.25, 0.3) is 0 Å². The van der Waals surface area contributed by atoms with E-state index in [0.717, 1.165) is 18.4 Å². The second-order valence-corrected chi connectivity index (χ2v) is 8.99. The Labute approximate surface area is 217 Å². The average Bonchev–Trinajstić information content (AvgIpc) is 2.92. The fraction of sp³-hybridized carbons (Fsp3) is 0.250. The Kier molecular flexibility index (Phi) is 8.79. The van der Waals surface area contributed by atoms with E-state index in [2.05, 4.69) is 32.7 Å². The zero-order valence-electron chi connectivity index (χ0n) is 20.0. The molecule has 1 saturated heterocycles. The molecule has 1 atom stereocenters. The second kappa shape index (κ2) is 12.6. The van der Waals surface area contributed by atoms with Crippen LogP contribution in [0.1, 0.15) is 23.6 Å². The summed E-state index contributed by atoms with van der Waals surface area (Å²) >= 11 is 5.98. The first-order valence-electron chi connectivity index (χ1n) is 12.0. The van der Waals surface area contributed by atoms with Gasteiger partial charge in [-0.3, -0.25) is 0 Å². The van der Waals surface area contributed by atoms with Gasteiger partial charge in [0.1, 0.15) is 0 Å². The first kappa shape index (κ1) is 25.1. The van der Waals surface area contributed by atoms with Crippen molar-refractivity contribution in [3.05, 3.63) is 101 Å². The third-order valence-corrected chi connectivity index (χ3v) is 6.40. The lowest BCUT2D eigenvalue weighted by atomic mass is 10.0. The van der Waals surface area contributed by atoms with Gasteiger partial charge in [-0.1, -0.05) is 72.3 Å². The van der Waals surface area contributed by atoms with Gasteiger partial charge in [-0.25, -0.2) is 4.79 Å². The van der Waals surface area contributed by atoms with Crippen LogP contribution in [0.3, 0.4) is 0 Å². The fourth-order valence-corrected chi connectivity index (χ4v) is 4.44. The molecule has 8 heteroatoms. The molecule has 0 saturated carbocycles. The number of carbonyl (C=O) groups is 1. The lowest BCUT2D eigenvalue weighted by Crippen LogP contribution is -2.56. The highest BCUT2D eigenvalue weighted by Gasteiger charge is 2.33. The van der Waals surface area contributed by atoms with Crippen molar-refractivity contribution in [2.75, 3.05) is 31.5 Å². The Morgan fingerprint density at radius 3 is 2.39 bits per heavy atom. The first-order valence-corrected chi connectivity index (χ1v) is 12.4. The van der Waals surface area contributed by atoms with Crippen LogP contribution in [-0.4, -0.2) is 48.0 Å². The van der Waals surface area contributed by atoms with Gasteiger partial charge in [0, 0.05) is 36.9 Å². The summed E-state index contributed by atoms with van der Waals surface area (Å²) in [5, 5.41) is 16.3. The summed E-state index contributed by atoms with van der Waals surface area (Å²) in [5.41, 5.74) is 2.99. The Morgan fingerprint density at radius 1 is 1.00 bits per heavy atom. The van der Waals surface area contributed by atoms with E-state index in [4.69, 9.17) is 11.6 Å². The van der Waals surface area contributed by atoms with Crippen LogP contribution < -0.4 is 10.6 Å². The van der Waals surface area contributed by atoms with Crippen molar-refractivity contribution in [3.63, 3.8) is 0 Å².